The van der Waals surface area contributed by atoms with Crippen LogP contribution in [0.1, 0.15) is 22.5 Å². The van der Waals surface area contributed by atoms with E-state index in [0.29, 0.717) is 32.1 Å². The van der Waals surface area contributed by atoms with Crippen molar-refractivity contribution in [3.63, 3.8) is 0 Å². The molecule has 2 aromatic rings. The molecule has 27 heavy (non-hydrogen) atoms. The summed E-state index contributed by atoms with van der Waals surface area (Å²) >= 11 is 0. The lowest BCUT2D eigenvalue weighted by molar-refractivity contribution is -0.120. The first-order chi connectivity index (χ1) is 13.0. The normalized spacial score (nSPS) is 14.1. The summed E-state index contributed by atoms with van der Waals surface area (Å²) in [7, 11) is 1.64. The molecular formula is C20H26N4O3. The molecule has 0 radical (unpaired) electrons. The van der Waals surface area contributed by atoms with Gasteiger partial charge in [0.2, 0.25) is 11.9 Å². The van der Waals surface area contributed by atoms with Crippen LogP contribution in [-0.4, -0.2) is 49.3 Å². The van der Waals surface area contributed by atoms with Crippen LogP contribution < -0.4 is 15.0 Å². The third-order valence-electron chi connectivity index (χ3n) is 4.48. The van der Waals surface area contributed by atoms with Gasteiger partial charge in [-0.15, -0.1) is 0 Å². The molecule has 0 bridgehead atoms. The number of ether oxygens (including phenoxy) is 2. The second-order valence-electron chi connectivity index (χ2n) is 6.66. The fourth-order valence-corrected chi connectivity index (χ4v) is 3.10. The van der Waals surface area contributed by atoms with Crippen LogP contribution >= 0.6 is 0 Å². The molecule has 144 valence electrons. The lowest BCUT2D eigenvalue weighted by Crippen LogP contribution is -2.37. The summed E-state index contributed by atoms with van der Waals surface area (Å²) in [6, 6.07) is 7.68. The minimum absolute atomic E-state index is 0.0382. The first-order valence-electron chi connectivity index (χ1n) is 9.12. The van der Waals surface area contributed by atoms with Crippen LogP contribution in [0.4, 0.5) is 5.95 Å². The smallest absolute Gasteiger partial charge is 0.225 e. The number of methoxy groups -OCH3 is 1. The van der Waals surface area contributed by atoms with Gasteiger partial charge in [0.05, 0.1) is 39.0 Å². The van der Waals surface area contributed by atoms with E-state index in [1.165, 1.54) is 0 Å². The van der Waals surface area contributed by atoms with Crippen molar-refractivity contribution in [1.82, 2.24) is 15.3 Å². The van der Waals surface area contributed by atoms with E-state index in [1.807, 2.05) is 38.1 Å². The van der Waals surface area contributed by atoms with Crippen molar-refractivity contribution in [3.05, 3.63) is 46.8 Å². The van der Waals surface area contributed by atoms with Gasteiger partial charge in [-0.1, -0.05) is 12.1 Å². The molecule has 1 fully saturated rings. The van der Waals surface area contributed by atoms with Gasteiger partial charge in [-0.2, -0.15) is 0 Å². The standard InChI is InChI=1S/C20H26N4O3/c1-14-10-16(4-5-18(14)26-3)12-19(25)21-13-17-11-15(2)22-20(23-17)24-6-8-27-9-7-24/h4-5,10-11H,6-9,12-13H2,1-3H3,(H,21,25). The molecule has 0 aliphatic carbocycles. The molecular weight excluding hydrogens is 344 g/mol. The van der Waals surface area contributed by atoms with Gasteiger partial charge in [0, 0.05) is 18.8 Å². The van der Waals surface area contributed by atoms with Gasteiger partial charge < -0.3 is 19.7 Å². The zero-order valence-electron chi connectivity index (χ0n) is 16.1. The number of rotatable bonds is 6. The molecule has 0 atom stereocenters. The molecule has 0 spiro atoms. The largest absolute Gasteiger partial charge is 0.496 e. The Balaban J connectivity index is 1.59. The quantitative estimate of drug-likeness (QED) is 0.836. The van der Waals surface area contributed by atoms with E-state index < -0.39 is 0 Å². The van der Waals surface area contributed by atoms with Crippen LogP contribution in [0.15, 0.2) is 24.3 Å². The minimum Gasteiger partial charge on any atom is -0.496 e. The Kier molecular flexibility index (Phi) is 6.24. The SMILES string of the molecule is COc1ccc(CC(=O)NCc2cc(C)nc(N3CCOCC3)n2)cc1C. The number of carbonyl (C=O) groups excluding carboxylic acids is 1. The zero-order chi connectivity index (χ0) is 19.2. The van der Waals surface area contributed by atoms with Crippen LogP contribution in [0, 0.1) is 13.8 Å². The molecule has 2 heterocycles. The highest BCUT2D eigenvalue weighted by Crippen LogP contribution is 2.18. The molecule has 3 rings (SSSR count). The second-order valence-corrected chi connectivity index (χ2v) is 6.66. The maximum absolute atomic E-state index is 12.3. The van der Waals surface area contributed by atoms with Gasteiger partial charge in [-0.3, -0.25) is 4.79 Å². The lowest BCUT2D eigenvalue weighted by atomic mass is 10.1. The van der Waals surface area contributed by atoms with Crippen molar-refractivity contribution in [2.24, 2.45) is 0 Å². The fraction of sp³-hybridized carbons (Fsp3) is 0.450. The highest BCUT2D eigenvalue weighted by atomic mass is 16.5. The van der Waals surface area contributed by atoms with E-state index in [9.17, 15) is 4.79 Å². The number of nitrogens with zero attached hydrogens (tertiary/aromatic N) is 3. The fourth-order valence-electron chi connectivity index (χ4n) is 3.10. The van der Waals surface area contributed by atoms with Crippen LogP contribution in [-0.2, 0) is 22.5 Å². The summed E-state index contributed by atoms with van der Waals surface area (Å²) < 4.78 is 10.6. The van der Waals surface area contributed by atoms with Gasteiger partial charge in [0.25, 0.3) is 0 Å². The summed E-state index contributed by atoms with van der Waals surface area (Å²) in [5, 5.41) is 2.95. The predicted molar refractivity (Wildman–Crippen MR) is 103 cm³/mol. The Morgan fingerprint density at radius 1 is 1.22 bits per heavy atom. The summed E-state index contributed by atoms with van der Waals surface area (Å²) in [6.45, 7) is 7.23. The van der Waals surface area contributed by atoms with Gasteiger partial charge >= 0.3 is 0 Å². The molecule has 1 aliphatic rings. The summed E-state index contributed by atoms with van der Waals surface area (Å²) in [5.74, 6) is 1.49. The Labute approximate surface area is 159 Å². The average molecular weight is 370 g/mol. The molecule has 1 aromatic heterocycles. The molecule has 1 saturated heterocycles. The topological polar surface area (TPSA) is 76.6 Å². The van der Waals surface area contributed by atoms with Crippen molar-refractivity contribution in [3.8, 4) is 5.75 Å². The molecule has 1 aliphatic heterocycles. The highest BCUT2D eigenvalue weighted by Gasteiger charge is 2.15. The van der Waals surface area contributed by atoms with Crippen molar-refractivity contribution in [2.75, 3.05) is 38.3 Å². The van der Waals surface area contributed by atoms with E-state index in [2.05, 4.69) is 20.2 Å². The van der Waals surface area contributed by atoms with E-state index in [0.717, 1.165) is 41.4 Å². The predicted octanol–water partition coefficient (Wildman–Crippen LogP) is 1.80. The first-order valence-corrected chi connectivity index (χ1v) is 9.12. The minimum atomic E-state index is -0.0382. The van der Waals surface area contributed by atoms with Gasteiger partial charge in [0.15, 0.2) is 0 Å². The van der Waals surface area contributed by atoms with Crippen LogP contribution in [0.25, 0.3) is 0 Å². The highest BCUT2D eigenvalue weighted by molar-refractivity contribution is 5.78. The molecule has 0 unspecified atom stereocenters. The third kappa shape index (κ3) is 5.17. The molecule has 0 saturated carbocycles. The van der Waals surface area contributed by atoms with E-state index in [-0.39, 0.29) is 5.91 Å². The van der Waals surface area contributed by atoms with Gasteiger partial charge in [-0.25, -0.2) is 9.97 Å². The Hall–Kier alpha value is -2.67. The summed E-state index contributed by atoms with van der Waals surface area (Å²) in [4.78, 5) is 23.5. The van der Waals surface area contributed by atoms with Crippen LogP contribution in [0.3, 0.4) is 0 Å². The van der Waals surface area contributed by atoms with Crippen molar-refractivity contribution in [1.29, 1.82) is 0 Å². The first kappa shape index (κ1) is 19.1. The van der Waals surface area contributed by atoms with E-state index in [1.54, 1.807) is 7.11 Å². The number of benzene rings is 1. The number of aryl methyl sites for hydroxylation is 2. The Bertz CT molecular complexity index is 804. The molecule has 1 aromatic carbocycles. The van der Waals surface area contributed by atoms with E-state index >= 15 is 0 Å². The number of morpholine rings is 1. The van der Waals surface area contributed by atoms with E-state index in [4.69, 9.17) is 9.47 Å². The lowest BCUT2D eigenvalue weighted by Gasteiger charge is -2.27. The number of anilines is 1. The molecule has 1 N–H and O–H groups in total. The number of amides is 1. The maximum atomic E-state index is 12.3. The summed E-state index contributed by atoms with van der Waals surface area (Å²) in [6.07, 6.45) is 0.325. The van der Waals surface area contributed by atoms with Crippen molar-refractivity contribution < 1.29 is 14.3 Å². The summed E-state index contributed by atoms with van der Waals surface area (Å²) in [5.41, 5.74) is 3.67. The number of hydrogen-bond donors (Lipinski definition) is 1. The molecule has 1 amide bonds. The van der Waals surface area contributed by atoms with Crippen LogP contribution in [0.5, 0.6) is 5.75 Å². The monoisotopic (exact) mass is 370 g/mol. The van der Waals surface area contributed by atoms with Gasteiger partial charge in [-0.05, 0) is 37.1 Å². The number of hydrogen-bond acceptors (Lipinski definition) is 6. The van der Waals surface area contributed by atoms with Crippen molar-refractivity contribution in [2.45, 2.75) is 26.8 Å². The molecule has 7 nitrogen and oxygen atoms in total. The Morgan fingerprint density at radius 2 is 2.00 bits per heavy atom. The number of carbonyl (C=O) groups is 1. The number of nitrogens with one attached hydrogen (secondary N) is 1. The van der Waals surface area contributed by atoms with Crippen molar-refractivity contribution >= 4 is 11.9 Å². The Morgan fingerprint density at radius 3 is 2.70 bits per heavy atom. The number of aromatic nitrogens is 2. The van der Waals surface area contributed by atoms with Crippen LogP contribution in [0.2, 0.25) is 0 Å². The zero-order valence-corrected chi connectivity index (χ0v) is 16.1. The van der Waals surface area contributed by atoms with Gasteiger partial charge in [0.1, 0.15) is 5.75 Å². The average Bonchev–Trinajstić information content (AvgIpc) is 2.67. The second kappa shape index (κ2) is 8.81. The third-order valence-corrected chi connectivity index (χ3v) is 4.48. The maximum Gasteiger partial charge on any atom is 0.225 e. The molecule has 7 heteroatoms.